The Labute approximate surface area is 109 Å². The molecule has 3 heterocycles. The minimum atomic E-state index is -0.177. The van der Waals surface area contributed by atoms with Crippen LogP contribution in [0.25, 0.3) is 10.9 Å². The second-order valence-corrected chi connectivity index (χ2v) is 4.97. The lowest BCUT2D eigenvalue weighted by Gasteiger charge is -2.23. The Kier molecular flexibility index (Phi) is 2.26. The SMILES string of the molecule is Fc1ccc2[nH]c3c(c2c1)CCNC3c1ccc[nH]1. The third-order valence-corrected chi connectivity index (χ3v) is 3.85. The fourth-order valence-electron chi connectivity index (χ4n) is 2.99. The van der Waals surface area contributed by atoms with Gasteiger partial charge in [-0.15, -0.1) is 0 Å². The Hall–Kier alpha value is -2.07. The first-order chi connectivity index (χ1) is 9.33. The summed E-state index contributed by atoms with van der Waals surface area (Å²) in [5, 5.41) is 4.50. The summed E-state index contributed by atoms with van der Waals surface area (Å²) >= 11 is 0. The van der Waals surface area contributed by atoms with Crippen LogP contribution in [0, 0.1) is 5.82 Å². The summed E-state index contributed by atoms with van der Waals surface area (Å²) in [6.07, 6.45) is 2.85. The molecular formula is C15H14FN3. The lowest BCUT2D eigenvalue weighted by Crippen LogP contribution is -2.30. The molecule has 1 aromatic carbocycles. The van der Waals surface area contributed by atoms with E-state index in [9.17, 15) is 4.39 Å². The maximum Gasteiger partial charge on any atom is 0.123 e. The van der Waals surface area contributed by atoms with Gasteiger partial charge in [0, 0.05) is 35.0 Å². The van der Waals surface area contributed by atoms with Crippen LogP contribution in [0.3, 0.4) is 0 Å². The molecule has 0 saturated heterocycles. The third kappa shape index (κ3) is 1.60. The van der Waals surface area contributed by atoms with E-state index in [0.717, 1.165) is 35.3 Å². The predicted molar refractivity (Wildman–Crippen MR) is 72.6 cm³/mol. The molecule has 1 atom stereocenters. The number of rotatable bonds is 1. The van der Waals surface area contributed by atoms with E-state index < -0.39 is 0 Å². The van der Waals surface area contributed by atoms with Crippen LogP contribution in [-0.4, -0.2) is 16.5 Å². The van der Waals surface area contributed by atoms with Crippen molar-refractivity contribution in [2.24, 2.45) is 0 Å². The van der Waals surface area contributed by atoms with Crippen molar-refractivity contribution in [3.05, 3.63) is 59.3 Å². The molecule has 4 heteroatoms. The number of aromatic amines is 2. The molecule has 0 fully saturated rings. The van der Waals surface area contributed by atoms with Crippen LogP contribution in [0.5, 0.6) is 0 Å². The van der Waals surface area contributed by atoms with Gasteiger partial charge in [-0.2, -0.15) is 0 Å². The topological polar surface area (TPSA) is 43.6 Å². The van der Waals surface area contributed by atoms with Gasteiger partial charge in [0.25, 0.3) is 0 Å². The second-order valence-electron chi connectivity index (χ2n) is 4.97. The Morgan fingerprint density at radius 1 is 1.21 bits per heavy atom. The highest BCUT2D eigenvalue weighted by Gasteiger charge is 2.25. The zero-order valence-corrected chi connectivity index (χ0v) is 10.3. The minimum Gasteiger partial charge on any atom is -0.363 e. The molecule has 19 heavy (non-hydrogen) atoms. The van der Waals surface area contributed by atoms with E-state index in [4.69, 9.17) is 0 Å². The molecule has 0 aliphatic carbocycles. The van der Waals surface area contributed by atoms with Crippen LogP contribution in [0.2, 0.25) is 0 Å². The smallest absolute Gasteiger partial charge is 0.123 e. The molecule has 1 aliphatic rings. The Bertz CT molecular complexity index is 727. The molecule has 96 valence electrons. The van der Waals surface area contributed by atoms with Crippen molar-refractivity contribution in [3.63, 3.8) is 0 Å². The molecule has 3 nitrogen and oxygen atoms in total. The minimum absolute atomic E-state index is 0.134. The zero-order chi connectivity index (χ0) is 12.8. The van der Waals surface area contributed by atoms with Gasteiger partial charge in [-0.25, -0.2) is 4.39 Å². The number of benzene rings is 1. The molecule has 0 amide bonds. The first-order valence-corrected chi connectivity index (χ1v) is 6.49. The van der Waals surface area contributed by atoms with E-state index >= 15 is 0 Å². The molecule has 0 bridgehead atoms. The molecule has 3 aromatic rings. The van der Waals surface area contributed by atoms with Gasteiger partial charge >= 0.3 is 0 Å². The number of hydrogen-bond acceptors (Lipinski definition) is 1. The average Bonchev–Trinajstić information content (AvgIpc) is 3.05. The molecule has 4 rings (SSSR count). The van der Waals surface area contributed by atoms with Gasteiger partial charge < -0.3 is 15.3 Å². The Morgan fingerprint density at radius 2 is 2.16 bits per heavy atom. The summed E-state index contributed by atoms with van der Waals surface area (Å²) in [6, 6.07) is 9.14. The first kappa shape index (κ1) is 10.8. The van der Waals surface area contributed by atoms with E-state index in [-0.39, 0.29) is 11.9 Å². The van der Waals surface area contributed by atoms with Crippen molar-refractivity contribution in [2.45, 2.75) is 12.5 Å². The van der Waals surface area contributed by atoms with Crippen molar-refractivity contribution in [2.75, 3.05) is 6.54 Å². The number of nitrogens with one attached hydrogen (secondary N) is 3. The predicted octanol–water partition coefficient (Wildman–Crippen LogP) is 2.87. The van der Waals surface area contributed by atoms with Crippen molar-refractivity contribution in [3.8, 4) is 0 Å². The molecule has 1 unspecified atom stereocenters. The maximum absolute atomic E-state index is 13.4. The van der Waals surface area contributed by atoms with Gasteiger partial charge in [0.2, 0.25) is 0 Å². The van der Waals surface area contributed by atoms with Crippen molar-refractivity contribution >= 4 is 10.9 Å². The highest BCUT2D eigenvalue weighted by Crippen LogP contribution is 2.33. The van der Waals surface area contributed by atoms with Crippen LogP contribution in [0.15, 0.2) is 36.5 Å². The standard InChI is InChI=1S/C15H14FN3/c16-9-3-4-12-11(8-9)10-5-7-18-15(14(10)19-12)13-2-1-6-17-13/h1-4,6,8,15,17-19H,5,7H2. The maximum atomic E-state index is 13.4. The van der Waals surface area contributed by atoms with Gasteiger partial charge in [0.05, 0.1) is 6.04 Å². The first-order valence-electron chi connectivity index (χ1n) is 6.49. The molecular weight excluding hydrogens is 241 g/mol. The van der Waals surface area contributed by atoms with Crippen molar-refractivity contribution < 1.29 is 4.39 Å². The largest absolute Gasteiger partial charge is 0.363 e. The van der Waals surface area contributed by atoms with Crippen LogP contribution in [-0.2, 0) is 6.42 Å². The fraction of sp³-hybridized carbons (Fsp3) is 0.200. The van der Waals surface area contributed by atoms with Gasteiger partial charge in [-0.1, -0.05) is 0 Å². The zero-order valence-electron chi connectivity index (χ0n) is 10.3. The van der Waals surface area contributed by atoms with Crippen molar-refractivity contribution in [1.82, 2.24) is 15.3 Å². The molecule has 3 N–H and O–H groups in total. The third-order valence-electron chi connectivity index (χ3n) is 3.85. The number of hydrogen-bond donors (Lipinski definition) is 3. The summed E-state index contributed by atoms with van der Waals surface area (Å²) in [5.74, 6) is -0.177. The summed E-state index contributed by atoms with van der Waals surface area (Å²) < 4.78 is 13.4. The lowest BCUT2D eigenvalue weighted by atomic mass is 9.97. The Balaban J connectivity index is 1.94. The van der Waals surface area contributed by atoms with Gasteiger partial charge in [-0.3, -0.25) is 0 Å². The lowest BCUT2D eigenvalue weighted by molar-refractivity contribution is 0.551. The van der Waals surface area contributed by atoms with Crippen LogP contribution in [0.4, 0.5) is 4.39 Å². The number of H-pyrrole nitrogens is 2. The van der Waals surface area contributed by atoms with E-state index in [1.54, 1.807) is 6.07 Å². The van der Waals surface area contributed by atoms with Gasteiger partial charge in [-0.05, 0) is 42.3 Å². The quantitative estimate of drug-likeness (QED) is 0.615. The summed E-state index contributed by atoms with van der Waals surface area (Å²) in [5.41, 5.74) is 4.52. The number of aromatic nitrogens is 2. The fourth-order valence-corrected chi connectivity index (χ4v) is 2.99. The van der Waals surface area contributed by atoms with Gasteiger partial charge in [0.1, 0.15) is 5.82 Å². The molecule has 2 aromatic heterocycles. The van der Waals surface area contributed by atoms with E-state index in [0.29, 0.717) is 0 Å². The van der Waals surface area contributed by atoms with Crippen LogP contribution < -0.4 is 5.32 Å². The summed E-state index contributed by atoms with van der Waals surface area (Å²) in [4.78, 5) is 6.68. The van der Waals surface area contributed by atoms with Crippen LogP contribution >= 0.6 is 0 Å². The average molecular weight is 255 g/mol. The van der Waals surface area contributed by atoms with E-state index in [2.05, 4.69) is 21.4 Å². The van der Waals surface area contributed by atoms with E-state index in [1.165, 1.54) is 11.6 Å². The van der Waals surface area contributed by atoms with Gasteiger partial charge in [0.15, 0.2) is 0 Å². The molecule has 0 radical (unpaired) electrons. The normalized spacial score (nSPS) is 18.7. The number of fused-ring (bicyclic) bond motifs is 3. The second kappa shape index (κ2) is 3.96. The molecule has 0 spiro atoms. The molecule has 1 aliphatic heterocycles. The highest BCUT2D eigenvalue weighted by atomic mass is 19.1. The Morgan fingerprint density at radius 3 is 3.00 bits per heavy atom. The highest BCUT2D eigenvalue weighted by molar-refractivity contribution is 5.85. The molecule has 0 saturated carbocycles. The van der Waals surface area contributed by atoms with Crippen LogP contribution in [0.1, 0.15) is 23.0 Å². The monoisotopic (exact) mass is 255 g/mol. The summed E-state index contributed by atoms with van der Waals surface area (Å²) in [7, 11) is 0. The summed E-state index contributed by atoms with van der Waals surface area (Å²) in [6.45, 7) is 0.903. The van der Waals surface area contributed by atoms with E-state index in [1.807, 2.05) is 18.3 Å². The number of halogens is 1. The van der Waals surface area contributed by atoms with Crippen molar-refractivity contribution in [1.29, 1.82) is 0 Å².